The van der Waals surface area contributed by atoms with Gasteiger partial charge in [0.1, 0.15) is 7.05 Å². The molecule has 0 atom stereocenters. The van der Waals surface area contributed by atoms with Gasteiger partial charge in [-0.1, -0.05) is 6.07 Å². The molecule has 7 heteroatoms. The molecule has 0 bridgehead atoms. The third kappa shape index (κ3) is 6.45. The Morgan fingerprint density at radius 1 is 1.08 bits per heavy atom. The van der Waals surface area contributed by atoms with Crippen LogP contribution in [0.25, 0.3) is 12.2 Å². The van der Waals surface area contributed by atoms with Crippen LogP contribution in [0.5, 0.6) is 0 Å². The predicted octanol–water partition coefficient (Wildman–Crippen LogP) is -1.69. The Bertz CT molecular complexity index is 738. The van der Waals surface area contributed by atoms with E-state index in [0.29, 0.717) is 0 Å². The van der Waals surface area contributed by atoms with Gasteiger partial charge in [0, 0.05) is 37.5 Å². The maximum atomic E-state index is 8.49. The number of fused-ring (bicyclic) bond motifs is 1. The SMILES string of the molecule is CN1CCCc2cc(/C=C/c3cccc[n+]3C)ccc21.[O-][Cl+3]([O-])([O-])[O-]. The molecule has 0 saturated carbocycles. The molecule has 0 N–H and O–H groups in total. The number of aromatic nitrogens is 1. The van der Waals surface area contributed by atoms with E-state index in [1.807, 2.05) is 6.07 Å². The third-order valence-corrected chi connectivity index (χ3v) is 4.00. The number of hydrogen-bond donors (Lipinski definition) is 0. The minimum Gasteiger partial charge on any atom is -0.374 e. The average Bonchev–Trinajstić information content (AvgIpc) is 2.53. The van der Waals surface area contributed by atoms with E-state index in [-0.39, 0.29) is 0 Å². The van der Waals surface area contributed by atoms with Crippen molar-refractivity contribution in [2.75, 3.05) is 18.5 Å². The summed E-state index contributed by atoms with van der Waals surface area (Å²) in [5.74, 6) is 0. The molecule has 0 spiro atoms. The molecular weight excluding hydrogens is 344 g/mol. The largest absolute Gasteiger partial charge is 0.374 e. The van der Waals surface area contributed by atoms with Crippen LogP contribution in [0.1, 0.15) is 23.2 Å². The zero-order valence-electron chi connectivity index (χ0n) is 14.2. The molecule has 0 radical (unpaired) electrons. The van der Waals surface area contributed by atoms with Crippen molar-refractivity contribution in [2.24, 2.45) is 7.05 Å². The van der Waals surface area contributed by atoms with Crippen LogP contribution in [0.2, 0.25) is 0 Å². The molecule has 1 aromatic carbocycles. The molecule has 2 heterocycles. The molecule has 2 aromatic rings. The molecule has 0 unspecified atom stereocenters. The summed E-state index contributed by atoms with van der Waals surface area (Å²) in [4.78, 5) is 2.35. The lowest BCUT2D eigenvalue weighted by atomic mass is 9.99. The van der Waals surface area contributed by atoms with Gasteiger partial charge in [0.2, 0.25) is 5.69 Å². The zero-order valence-corrected chi connectivity index (χ0v) is 15.0. The van der Waals surface area contributed by atoms with Gasteiger partial charge in [-0.05, 0) is 48.2 Å². The van der Waals surface area contributed by atoms with E-state index < -0.39 is 10.2 Å². The summed E-state index contributed by atoms with van der Waals surface area (Å²) in [5, 5.41) is 0. The second kappa shape index (κ2) is 8.42. The second-order valence-corrected chi connectivity index (χ2v) is 6.62. The Morgan fingerprint density at radius 2 is 1.80 bits per heavy atom. The summed E-state index contributed by atoms with van der Waals surface area (Å²) >= 11 is 0. The van der Waals surface area contributed by atoms with Crippen molar-refractivity contribution in [3.8, 4) is 0 Å². The van der Waals surface area contributed by atoms with Crippen LogP contribution in [0.15, 0.2) is 42.6 Å². The van der Waals surface area contributed by atoms with Crippen molar-refractivity contribution in [3.05, 3.63) is 59.4 Å². The fourth-order valence-electron chi connectivity index (χ4n) is 2.80. The lowest BCUT2D eigenvalue weighted by Gasteiger charge is -2.27. The summed E-state index contributed by atoms with van der Waals surface area (Å²) in [5.41, 5.74) is 5.35. The van der Waals surface area contributed by atoms with Gasteiger partial charge in [0.05, 0.1) is 0 Å². The molecule has 1 aliphatic rings. The lowest BCUT2D eigenvalue weighted by Crippen LogP contribution is -2.68. The highest BCUT2D eigenvalue weighted by atomic mass is 35.7. The second-order valence-electron chi connectivity index (χ2n) is 5.86. The summed E-state index contributed by atoms with van der Waals surface area (Å²) in [6, 6.07) is 13.0. The van der Waals surface area contributed by atoms with Gasteiger partial charge in [-0.3, -0.25) is 0 Å². The van der Waals surface area contributed by atoms with E-state index in [0.717, 1.165) is 0 Å². The van der Waals surface area contributed by atoms with E-state index in [1.165, 1.54) is 41.9 Å². The molecule has 3 rings (SSSR count). The van der Waals surface area contributed by atoms with Gasteiger partial charge in [-0.2, -0.15) is 0 Å². The van der Waals surface area contributed by atoms with E-state index >= 15 is 0 Å². The van der Waals surface area contributed by atoms with Crippen molar-refractivity contribution in [2.45, 2.75) is 12.8 Å². The maximum absolute atomic E-state index is 8.49. The Kier molecular flexibility index (Phi) is 6.52. The zero-order chi connectivity index (χ0) is 18.4. The van der Waals surface area contributed by atoms with E-state index in [9.17, 15) is 0 Å². The highest BCUT2D eigenvalue weighted by molar-refractivity contribution is 5.70. The van der Waals surface area contributed by atoms with Gasteiger partial charge in [-0.25, -0.2) is 23.2 Å². The number of benzene rings is 1. The van der Waals surface area contributed by atoms with E-state index in [4.69, 9.17) is 18.6 Å². The molecule has 1 aliphatic heterocycles. The third-order valence-electron chi connectivity index (χ3n) is 4.00. The molecule has 0 aliphatic carbocycles. The van der Waals surface area contributed by atoms with Crippen molar-refractivity contribution in [3.63, 3.8) is 0 Å². The van der Waals surface area contributed by atoms with Gasteiger partial charge >= 0.3 is 0 Å². The first kappa shape index (κ1) is 19.4. The highest BCUT2D eigenvalue weighted by Gasteiger charge is 2.13. The predicted molar refractivity (Wildman–Crippen MR) is 84.6 cm³/mol. The molecule has 0 fully saturated rings. The number of anilines is 1. The number of pyridine rings is 1. The van der Waals surface area contributed by atoms with Crippen molar-refractivity contribution < 1.29 is 33.4 Å². The highest BCUT2D eigenvalue weighted by Crippen LogP contribution is 2.27. The summed E-state index contributed by atoms with van der Waals surface area (Å²) < 4.78 is 36.1. The maximum Gasteiger partial charge on any atom is 0.204 e. The molecule has 0 saturated heterocycles. The van der Waals surface area contributed by atoms with Gasteiger partial charge in [-0.15, -0.1) is 10.2 Å². The quantitative estimate of drug-likeness (QED) is 0.592. The number of halogens is 1. The monoisotopic (exact) mass is 364 g/mol. The molecule has 25 heavy (non-hydrogen) atoms. The van der Waals surface area contributed by atoms with Crippen LogP contribution in [0.4, 0.5) is 5.69 Å². The van der Waals surface area contributed by atoms with Crippen molar-refractivity contribution in [1.29, 1.82) is 0 Å². The topological polar surface area (TPSA) is 99.4 Å². The first-order valence-electron chi connectivity index (χ1n) is 7.82. The van der Waals surface area contributed by atoms with Gasteiger partial charge in [0.25, 0.3) is 0 Å². The number of aryl methyl sites for hydroxylation is 2. The molecular formula is C18H21ClN2O4. The fourth-order valence-corrected chi connectivity index (χ4v) is 2.80. The number of hydrogen-bond acceptors (Lipinski definition) is 5. The summed E-state index contributed by atoms with van der Waals surface area (Å²) in [6.07, 6.45) is 8.89. The van der Waals surface area contributed by atoms with Gasteiger partial charge in [0.15, 0.2) is 6.20 Å². The smallest absolute Gasteiger partial charge is 0.204 e. The molecule has 1 aromatic heterocycles. The first-order chi connectivity index (χ1) is 11.7. The van der Waals surface area contributed by atoms with Crippen LogP contribution in [-0.4, -0.2) is 13.6 Å². The Morgan fingerprint density at radius 3 is 2.48 bits per heavy atom. The van der Waals surface area contributed by atoms with Crippen molar-refractivity contribution in [1.82, 2.24) is 0 Å². The van der Waals surface area contributed by atoms with Crippen LogP contribution < -0.4 is 28.1 Å². The van der Waals surface area contributed by atoms with Crippen LogP contribution in [-0.2, 0) is 13.5 Å². The Balaban J connectivity index is 0.000000399. The van der Waals surface area contributed by atoms with Crippen molar-refractivity contribution >= 4 is 17.8 Å². The molecule has 0 amide bonds. The molecule has 134 valence electrons. The summed E-state index contributed by atoms with van der Waals surface area (Å²) in [6.45, 7) is 1.17. The van der Waals surface area contributed by atoms with Crippen LogP contribution in [0, 0.1) is 10.2 Å². The van der Waals surface area contributed by atoms with E-state index in [1.54, 1.807) is 0 Å². The fraction of sp³-hybridized carbons (Fsp3) is 0.278. The minimum atomic E-state index is -4.94. The lowest BCUT2D eigenvalue weighted by molar-refractivity contribution is -2.00. The Labute approximate surface area is 149 Å². The Hall–Kier alpha value is -1.96. The molecule has 6 nitrogen and oxygen atoms in total. The first-order valence-corrected chi connectivity index (χ1v) is 9.06. The summed E-state index contributed by atoms with van der Waals surface area (Å²) in [7, 11) is -0.695. The van der Waals surface area contributed by atoms with Crippen LogP contribution in [0.3, 0.4) is 0 Å². The average molecular weight is 365 g/mol. The standard InChI is InChI=1S/C18H21N2.ClHO4/c1-19-12-4-3-7-17(19)10-8-15-9-11-18-16(14-15)6-5-13-20(18)2;2-1(3,4)5/h3-4,7-12,14H,5-6,13H2,1-2H3;(H,2,3,4,5)/q+1;/p-1. The van der Waals surface area contributed by atoms with E-state index in [2.05, 4.69) is 72.2 Å². The minimum absolute atomic E-state index is 1.17. The van der Waals surface area contributed by atoms with Gasteiger partial charge < -0.3 is 4.90 Å². The number of rotatable bonds is 2. The number of nitrogens with zero attached hydrogens (tertiary/aromatic N) is 2. The normalized spacial score (nSPS) is 14.1. The van der Waals surface area contributed by atoms with Crippen LogP contribution >= 0.6 is 0 Å².